The normalized spacial score (nSPS) is 13.0. The van der Waals surface area contributed by atoms with Crippen LogP contribution >= 0.6 is 23.4 Å². The fourth-order valence-corrected chi connectivity index (χ4v) is 3.93. The number of nitrogens with zero attached hydrogens (tertiary/aromatic N) is 2. The van der Waals surface area contributed by atoms with Gasteiger partial charge in [0.25, 0.3) is 0 Å². The number of carbonyl (C=O) groups excluding carboxylic acids is 1. The molecule has 0 saturated heterocycles. The zero-order valence-electron chi connectivity index (χ0n) is 16.4. The molecule has 1 aliphatic heterocycles. The molecule has 0 radical (unpaired) electrons. The highest BCUT2D eigenvalue weighted by Crippen LogP contribution is 2.33. The summed E-state index contributed by atoms with van der Waals surface area (Å²) < 4.78 is 0. The number of benzene rings is 3. The van der Waals surface area contributed by atoms with Gasteiger partial charge < -0.3 is 5.32 Å². The molecule has 1 N–H and O–H groups in total. The van der Waals surface area contributed by atoms with E-state index in [4.69, 9.17) is 21.6 Å². The molecular formula is C24H20ClN3OS. The van der Waals surface area contributed by atoms with Crippen LogP contribution in [-0.4, -0.2) is 22.4 Å². The Labute approximate surface area is 185 Å². The molecule has 0 spiro atoms. The number of fused-ring (bicyclic) bond motifs is 1. The van der Waals surface area contributed by atoms with Gasteiger partial charge in [-0.1, -0.05) is 53.6 Å². The molecule has 6 heteroatoms. The van der Waals surface area contributed by atoms with Gasteiger partial charge in [-0.05, 0) is 48.9 Å². The molecule has 4 nitrogen and oxygen atoms in total. The Kier molecular flexibility index (Phi) is 6.31. The first-order chi connectivity index (χ1) is 14.6. The third kappa shape index (κ3) is 5.17. The second kappa shape index (κ2) is 9.28. The lowest BCUT2D eigenvalue weighted by molar-refractivity contribution is -0.113. The number of aliphatic imine (C=N–C) groups is 2. The van der Waals surface area contributed by atoms with E-state index in [0.29, 0.717) is 11.4 Å². The third-order valence-electron chi connectivity index (χ3n) is 4.58. The number of hydrogen-bond acceptors (Lipinski definition) is 4. The quantitative estimate of drug-likeness (QED) is 0.505. The van der Waals surface area contributed by atoms with Crippen molar-refractivity contribution in [3.05, 3.63) is 88.9 Å². The van der Waals surface area contributed by atoms with E-state index in [2.05, 4.69) is 5.32 Å². The monoisotopic (exact) mass is 433 g/mol. The highest BCUT2D eigenvalue weighted by molar-refractivity contribution is 8.14. The van der Waals surface area contributed by atoms with Gasteiger partial charge in [-0.15, -0.1) is 11.8 Å². The molecule has 0 bridgehead atoms. The van der Waals surface area contributed by atoms with E-state index >= 15 is 0 Å². The second-order valence-corrected chi connectivity index (χ2v) is 8.42. The smallest absolute Gasteiger partial charge is 0.234 e. The standard InChI is InChI=1S/C24H20ClN3OS/c1-16-6-12-19(13-7-16)26-23(29)15-30-24-14-22(17-8-10-18(25)11-9-17)27-20-4-2-3-5-21(20)28-24/h2-13H,14-15H2,1H3,(H,26,29). The lowest BCUT2D eigenvalue weighted by Crippen LogP contribution is -2.16. The molecule has 1 amide bonds. The summed E-state index contributed by atoms with van der Waals surface area (Å²) in [7, 11) is 0. The lowest BCUT2D eigenvalue weighted by atomic mass is 10.1. The van der Waals surface area contributed by atoms with Crippen LogP contribution < -0.4 is 5.32 Å². The van der Waals surface area contributed by atoms with Gasteiger partial charge in [0, 0.05) is 17.1 Å². The molecule has 0 aromatic heterocycles. The molecular weight excluding hydrogens is 414 g/mol. The topological polar surface area (TPSA) is 53.8 Å². The van der Waals surface area contributed by atoms with Gasteiger partial charge in [-0.3, -0.25) is 9.79 Å². The van der Waals surface area contributed by atoms with Crippen LogP contribution in [0.15, 0.2) is 82.8 Å². The molecule has 0 unspecified atom stereocenters. The predicted octanol–water partition coefficient (Wildman–Crippen LogP) is 6.57. The molecule has 0 aliphatic carbocycles. The van der Waals surface area contributed by atoms with Crippen molar-refractivity contribution in [1.82, 2.24) is 0 Å². The first kappa shape index (κ1) is 20.4. The van der Waals surface area contributed by atoms with Crippen LogP contribution in [0.4, 0.5) is 17.1 Å². The van der Waals surface area contributed by atoms with Gasteiger partial charge in [0.1, 0.15) is 0 Å². The van der Waals surface area contributed by atoms with E-state index in [0.717, 1.165) is 38.9 Å². The Morgan fingerprint density at radius 2 is 1.63 bits per heavy atom. The van der Waals surface area contributed by atoms with Crippen molar-refractivity contribution < 1.29 is 4.79 Å². The van der Waals surface area contributed by atoms with Gasteiger partial charge in [-0.25, -0.2) is 4.99 Å². The van der Waals surface area contributed by atoms with E-state index in [9.17, 15) is 4.79 Å². The Balaban J connectivity index is 1.51. The van der Waals surface area contributed by atoms with Crippen molar-refractivity contribution in [2.75, 3.05) is 11.1 Å². The summed E-state index contributed by atoms with van der Waals surface area (Å²) in [4.78, 5) is 22.0. The molecule has 1 aliphatic rings. The van der Waals surface area contributed by atoms with Crippen molar-refractivity contribution in [3.63, 3.8) is 0 Å². The number of rotatable bonds is 4. The number of halogens is 1. The fraction of sp³-hybridized carbons (Fsp3) is 0.125. The molecule has 4 rings (SSSR count). The summed E-state index contributed by atoms with van der Waals surface area (Å²) in [6, 6.07) is 23.2. The van der Waals surface area contributed by atoms with Gasteiger partial charge in [0.15, 0.2) is 0 Å². The molecule has 150 valence electrons. The number of carbonyl (C=O) groups is 1. The van der Waals surface area contributed by atoms with Crippen LogP contribution in [0, 0.1) is 6.92 Å². The van der Waals surface area contributed by atoms with Crippen molar-refractivity contribution in [2.45, 2.75) is 13.3 Å². The molecule has 0 atom stereocenters. The Hall–Kier alpha value is -2.89. The number of hydrogen-bond donors (Lipinski definition) is 1. The maximum Gasteiger partial charge on any atom is 0.234 e. The molecule has 0 fully saturated rings. The third-order valence-corrected chi connectivity index (χ3v) is 5.81. The molecule has 3 aromatic carbocycles. The van der Waals surface area contributed by atoms with Gasteiger partial charge in [-0.2, -0.15) is 0 Å². The van der Waals surface area contributed by atoms with Gasteiger partial charge >= 0.3 is 0 Å². The first-order valence-electron chi connectivity index (χ1n) is 9.56. The highest BCUT2D eigenvalue weighted by atomic mass is 35.5. The summed E-state index contributed by atoms with van der Waals surface area (Å²) in [5.74, 6) is 0.219. The minimum atomic E-state index is -0.0610. The van der Waals surface area contributed by atoms with Crippen LogP contribution in [0.2, 0.25) is 5.02 Å². The van der Waals surface area contributed by atoms with E-state index in [1.54, 1.807) is 0 Å². The van der Waals surface area contributed by atoms with Crippen LogP contribution in [0.3, 0.4) is 0 Å². The summed E-state index contributed by atoms with van der Waals surface area (Å²) in [6.07, 6.45) is 0.554. The van der Waals surface area contributed by atoms with E-state index < -0.39 is 0 Å². The Morgan fingerprint density at radius 3 is 2.33 bits per heavy atom. The van der Waals surface area contributed by atoms with Crippen LogP contribution in [0.5, 0.6) is 0 Å². The summed E-state index contributed by atoms with van der Waals surface area (Å²) in [5, 5.41) is 4.47. The van der Waals surface area contributed by atoms with E-state index in [1.807, 2.05) is 79.7 Å². The second-order valence-electron chi connectivity index (χ2n) is 6.94. The largest absolute Gasteiger partial charge is 0.325 e. The number of para-hydroxylation sites is 2. The molecule has 0 saturated carbocycles. The molecule has 30 heavy (non-hydrogen) atoms. The van der Waals surface area contributed by atoms with Gasteiger partial charge in [0.2, 0.25) is 5.91 Å². The minimum Gasteiger partial charge on any atom is -0.325 e. The van der Waals surface area contributed by atoms with Crippen LogP contribution in [-0.2, 0) is 4.79 Å². The first-order valence-corrected chi connectivity index (χ1v) is 10.9. The predicted molar refractivity (Wildman–Crippen MR) is 128 cm³/mol. The van der Waals surface area contributed by atoms with Crippen molar-refractivity contribution >= 4 is 57.1 Å². The van der Waals surface area contributed by atoms with Crippen molar-refractivity contribution in [2.24, 2.45) is 9.98 Å². The van der Waals surface area contributed by atoms with E-state index in [1.165, 1.54) is 11.8 Å². The molecule has 1 heterocycles. The van der Waals surface area contributed by atoms with Crippen molar-refractivity contribution in [3.8, 4) is 0 Å². The number of anilines is 1. The number of aryl methyl sites for hydroxylation is 1. The van der Waals surface area contributed by atoms with Crippen LogP contribution in [0.25, 0.3) is 0 Å². The summed E-state index contributed by atoms with van der Waals surface area (Å²) >= 11 is 7.48. The zero-order valence-corrected chi connectivity index (χ0v) is 18.0. The zero-order chi connectivity index (χ0) is 20.9. The SMILES string of the molecule is Cc1ccc(NC(=O)CSC2=Nc3ccccc3N=C(c3ccc(Cl)cc3)C2)cc1. The highest BCUT2D eigenvalue weighted by Gasteiger charge is 2.16. The lowest BCUT2D eigenvalue weighted by Gasteiger charge is -2.08. The number of amides is 1. The van der Waals surface area contributed by atoms with E-state index in [-0.39, 0.29) is 11.7 Å². The Bertz CT molecular complexity index is 1120. The Morgan fingerprint density at radius 1 is 0.967 bits per heavy atom. The molecule has 3 aromatic rings. The van der Waals surface area contributed by atoms with Crippen LogP contribution in [0.1, 0.15) is 17.5 Å². The summed E-state index contributed by atoms with van der Waals surface area (Å²) in [5.41, 5.74) is 5.48. The summed E-state index contributed by atoms with van der Waals surface area (Å²) in [6.45, 7) is 2.02. The van der Waals surface area contributed by atoms with Gasteiger partial charge in [0.05, 0.1) is 27.9 Å². The average Bonchev–Trinajstić information content (AvgIpc) is 2.94. The number of thioether (sulfide) groups is 1. The van der Waals surface area contributed by atoms with Crippen molar-refractivity contribution in [1.29, 1.82) is 0 Å². The maximum absolute atomic E-state index is 12.4. The number of nitrogens with one attached hydrogen (secondary N) is 1. The minimum absolute atomic E-state index is 0.0610. The maximum atomic E-state index is 12.4. The fourth-order valence-electron chi connectivity index (χ4n) is 3.03. The average molecular weight is 434 g/mol.